The van der Waals surface area contributed by atoms with Gasteiger partial charge in [0.05, 0.1) is 25.4 Å². The van der Waals surface area contributed by atoms with Crippen LogP contribution in [0.25, 0.3) is 0 Å². The van der Waals surface area contributed by atoms with Gasteiger partial charge in [0, 0.05) is 12.8 Å². The molecule has 2 atom stereocenters. The average Bonchev–Trinajstić information content (AvgIpc) is 3.49. The Hall–Kier alpha value is -1.92. The van der Waals surface area contributed by atoms with Crippen molar-refractivity contribution >= 4 is 11.9 Å². The summed E-state index contributed by atoms with van der Waals surface area (Å²) < 4.78 is 5.51. The standard InChI is InChI=1S/C77H147NO5/c1-3-5-7-9-11-13-15-17-19-21-39-43-47-51-55-59-63-67-71-77(82)83-72-68-64-60-56-52-48-44-40-37-35-33-31-29-27-25-23-22-24-26-28-30-32-34-36-38-42-46-50-54-58-62-66-70-76(81)78-74(73-79)75(80)69-65-61-57-53-49-45-41-20-18-16-14-12-10-8-6-4-2/h13,15,19,21,65,69,74-75,79-80H,3-12,14,16-18,20,22-64,66-68,70-73H2,1-2H3,(H,78,81)/b15-13-,21-19-,69-65+. The molecule has 83 heavy (non-hydrogen) atoms. The van der Waals surface area contributed by atoms with Crippen LogP contribution in [0, 0.1) is 0 Å². The molecule has 0 saturated heterocycles. The van der Waals surface area contributed by atoms with Gasteiger partial charge in [0.15, 0.2) is 0 Å². The van der Waals surface area contributed by atoms with Crippen LogP contribution < -0.4 is 5.32 Å². The second-order valence-electron chi connectivity index (χ2n) is 26.0. The molecular weight excluding hydrogens is 1020 g/mol. The van der Waals surface area contributed by atoms with Gasteiger partial charge in [-0.2, -0.15) is 0 Å². The number of rotatable bonds is 71. The van der Waals surface area contributed by atoms with Crippen LogP contribution in [0.15, 0.2) is 36.5 Å². The predicted octanol–water partition coefficient (Wildman–Crippen LogP) is 24.7. The Morgan fingerprint density at radius 3 is 0.928 bits per heavy atom. The summed E-state index contributed by atoms with van der Waals surface area (Å²) in [6.07, 6.45) is 93.9. The Kier molecular flexibility index (Phi) is 70.9. The SMILES string of the molecule is CCCCCC/C=C\C/C=C\CCCCCCCCCC(=O)OCCCCCCCCCCCCCCCCCCCCCCCCCCCCCCCCCCC(=O)NC(CO)C(O)/C=C/CCCCCCCCCCCCCCCC. The lowest BCUT2D eigenvalue weighted by molar-refractivity contribution is -0.143. The van der Waals surface area contributed by atoms with Gasteiger partial charge in [-0.3, -0.25) is 9.59 Å². The van der Waals surface area contributed by atoms with E-state index in [0.717, 1.165) is 51.4 Å². The number of carbonyl (C=O) groups is 2. The van der Waals surface area contributed by atoms with Gasteiger partial charge < -0.3 is 20.3 Å². The van der Waals surface area contributed by atoms with Gasteiger partial charge in [-0.05, 0) is 64.2 Å². The van der Waals surface area contributed by atoms with Crippen LogP contribution in [0.1, 0.15) is 418 Å². The predicted molar refractivity (Wildman–Crippen MR) is 366 cm³/mol. The molecule has 0 radical (unpaired) electrons. The Labute approximate surface area is 519 Å². The fraction of sp³-hybridized carbons (Fsp3) is 0.896. The lowest BCUT2D eigenvalue weighted by Gasteiger charge is -2.20. The van der Waals surface area contributed by atoms with E-state index in [0.29, 0.717) is 19.4 Å². The highest BCUT2D eigenvalue weighted by Crippen LogP contribution is 2.19. The Balaban J connectivity index is 3.33. The van der Waals surface area contributed by atoms with Crippen LogP contribution in [0.4, 0.5) is 0 Å². The van der Waals surface area contributed by atoms with Crippen LogP contribution in [-0.2, 0) is 14.3 Å². The third-order valence-corrected chi connectivity index (χ3v) is 17.7. The van der Waals surface area contributed by atoms with E-state index >= 15 is 0 Å². The number of hydrogen-bond acceptors (Lipinski definition) is 5. The van der Waals surface area contributed by atoms with Crippen molar-refractivity contribution in [3.8, 4) is 0 Å². The molecule has 3 N–H and O–H groups in total. The summed E-state index contributed by atoms with van der Waals surface area (Å²) in [6, 6.07) is -0.624. The minimum atomic E-state index is -0.841. The quantitative estimate of drug-likeness (QED) is 0.0320. The smallest absolute Gasteiger partial charge is 0.305 e. The van der Waals surface area contributed by atoms with E-state index in [9.17, 15) is 19.8 Å². The van der Waals surface area contributed by atoms with Crippen molar-refractivity contribution in [1.29, 1.82) is 0 Å². The molecule has 490 valence electrons. The molecule has 0 aromatic rings. The van der Waals surface area contributed by atoms with Gasteiger partial charge >= 0.3 is 5.97 Å². The summed E-state index contributed by atoms with van der Waals surface area (Å²) >= 11 is 0. The van der Waals surface area contributed by atoms with E-state index in [4.69, 9.17) is 4.74 Å². The molecule has 0 spiro atoms. The number of unbranched alkanes of at least 4 members (excludes halogenated alkanes) is 56. The molecule has 0 bridgehead atoms. The lowest BCUT2D eigenvalue weighted by Crippen LogP contribution is -2.45. The van der Waals surface area contributed by atoms with Crippen molar-refractivity contribution in [2.75, 3.05) is 13.2 Å². The van der Waals surface area contributed by atoms with Crippen LogP contribution in [0.3, 0.4) is 0 Å². The summed E-state index contributed by atoms with van der Waals surface area (Å²) in [5, 5.41) is 23.2. The molecule has 6 nitrogen and oxygen atoms in total. The molecule has 0 aliphatic rings. The first kappa shape index (κ1) is 81.1. The first-order chi connectivity index (χ1) is 41.0. The fourth-order valence-corrected chi connectivity index (χ4v) is 11.9. The Morgan fingerprint density at radius 2 is 0.602 bits per heavy atom. The molecule has 0 rings (SSSR count). The molecule has 0 saturated carbocycles. The first-order valence-electron chi connectivity index (χ1n) is 37.8. The van der Waals surface area contributed by atoms with Crippen molar-refractivity contribution in [1.82, 2.24) is 5.32 Å². The molecule has 0 fully saturated rings. The van der Waals surface area contributed by atoms with Gasteiger partial charge in [-0.1, -0.05) is 378 Å². The summed E-state index contributed by atoms with van der Waals surface area (Å²) in [6.45, 7) is 4.92. The van der Waals surface area contributed by atoms with E-state index < -0.39 is 12.1 Å². The minimum absolute atomic E-state index is 0.0141. The zero-order valence-electron chi connectivity index (χ0n) is 56.2. The maximum Gasteiger partial charge on any atom is 0.305 e. The van der Waals surface area contributed by atoms with Gasteiger partial charge in [0.2, 0.25) is 5.91 Å². The maximum absolute atomic E-state index is 12.5. The van der Waals surface area contributed by atoms with Crippen molar-refractivity contribution in [2.45, 2.75) is 431 Å². The zero-order valence-corrected chi connectivity index (χ0v) is 56.2. The van der Waals surface area contributed by atoms with E-state index in [1.165, 1.54) is 340 Å². The van der Waals surface area contributed by atoms with Gasteiger partial charge in [-0.15, -0.1) is 0 Å². The highest BCUT2D eigenvalue weighted by molar-refractivity contribution is 5.76. The highest BCUT2D eigenvalue weighted by Gasteiger charge is 2.18. The van der Waals surface area contributed by atoms with Crippen molar-refractivity contribution in [3.63, 3.8) is 0 Å². The average molecular weight is 1170 g/mol. The number of esters is 1. The van der Waals surface area contributed by atoms with Crippen LogP contribution in [0.5, 0.6) is 0 Å². The topological polar surface area (TPSA) is 95.9 Å². The number of ether oxygens (including phenoxy) is 1. The van der Waals surface area contributed by atoms with Crippen LogP contribution in [0.2, 0.25) is 0 Å². The van der Waals surface area contributed by atoms with Gasteiger partial charge in [-0.25, -0.2) is 0 Å². The summed E-state index contributed by atoms with van der Waals surface area (Å²) in [7, 11) is 0. The molecule has 0 aliphatic carbocycles. The number of amides is 1. The monoisotopic (exact) mass is 1170 g/mol. The van der Waals surface area contributed by atoms with Gasteiger partial charge in [0.25, 0.3) is 0 Å². The highest BCUT2D eigenvalue weighted by atomic mass is 16.5. The maximum atomic E-state index is 12.5. The molecule has 0 aromatic carbocycles. The zero-order chi connectivity index (χ0) is 59.9. The van der Waals surface area contributed by atoms with E-state index in [1.807, 2.05) is 6.08 Å². The largest absolute Gasteiger partial charge is 0.466 e. The second-order valence-corrected chi connectivity index (χ2v) is 26.0. The molecule has 2 unspecified atom stereocenters. The first-order valence-corrected chi connectivity index (χ1v) is 37.8. The van der Waals surface area contributed by atoms with E-state index in [1.54, 1.807) is 6.08 Å². The normalized spacial score (nSPS) is 12.7. The van der Waals surface area contributed by atoms with E-state index in [2.05, 4.69) is 43.5 Å². The third kappa shape index (κ3) is 69.1. The molecule has 1 amide bonds. The minimum Gasteiger partial charge on any atom is -0.466 e. The number of aliphatic hydroxyl groups is 2. The summed E-state index contributed by atoms with van der Waals surface area (Å²) in [5.41, 5.74) is 0. The molecule has 0 aliphatic heterocycles. The van der Waals surface area contributed by atoms with Crippen LogP contribution in [-0.4, -0.2) is 47.4 Å². The molecule has 0 heterocycles. The van der Waals surface area contributed by atoms with Gasteiger partial charge in [0.1, 0.15) is 0 Å². The fourth-order valence-electron chi connectivity index (χ4n) is 11.9. The number of aliphatic hydroxyl groups excluding tert-OH is 2. The van der Waals surface area contributed by atoms with Crippen LogP contribution >= 0.6 is 0 Å². The molecule has 6 heteroatoms. The second kappa shape index (κ2) is 72.6. The number of hydrogen-bond donors (Lipinski definition) is 3. The molecule has 0 aromatic heterocycles. The lowest BCUT2D eigenvalue weighted by atomic mass is 10.0. The number of allylic oxidation sites excluding steroid dienone is 5. The van der Waals surface area contributed by atoms with Crippen molar-refractivity contribution < 1.29 is 24.5 Å². The molecular formula is C77H147NO5. The number of carbonyl (C=O) groups excluding carboxylic acids is 2. The van der Waals surface area contributed by atoms with Crippen molar-refractivity contribution in [2.24, 2.45) is 0 Å². The Morgan fingerprint density at radius 1 is 0.337 bits per heavy atom. The van der Waals surface area contributed by atoms with Crippen molar-refractivity contribution in [3.05, 3.63) is 36.5 Å². The summed E-state index contributed by atoms with van der Waals surface area (Å²) in [5.74, 6) is -0.0465. The Bertz CT molecular complexity index is 1340. The third-order valence-electron chi connectivity index (χ3n) is 17.7. The van der Waals surface area contributed by atoms with E-state index in [-0.39, 0.29) is 18.5 Å². The summed E-state index contributed by atoms with van der Waals surface area (Å²) in [4.78, 5) is 24.6. The number of nitrogens with one attached hydrogen (secondary N) is 1.